The Balaban J connectivity index is 1.82. The Morgan fingerprint density at radius 2 is 1.77 bits per heavy atom. The van der Waals surface area contributed by atoms with Crippen molar-refractivity contribution in [3.8, 4) is 11.3 Å². The molecule has 1 aliphatic carbocycles. The maximum absolute atomic E-state index is 13.4. The SMILES string of the molecule is CNS(=O)(=O)c1cc(-c2nn([C@@H](C)C(=O)Nc3cccc(C)c3)c(=O)c3c2CCCC3)ccc1C. The molecule has 2 aromatic carbocycles. The summed E-state index contributed by atoms with van der Waals surface area (Å²) in [6.07, 6.45) is 3.08. The second kappa shape index (κ2) is 9.75. The zero-order valence-corrected chi connectivity index (χ0v) is 21.2. The lowest BCUT2D eigenvalue weighted by Crippen LogP contribution is -2.37. The molecule has 0 saturated carbocycles. The number of aryl methyl sites for hydroxylation is 2. The van der Waals surface area contributed by atoms with Gasteiger partial charge in [0.25, 0.3) is 5.56 Å². The maximum Gasteiger partial charge on any atom is 0.271 e. The van der Waals surface area contributed by atoms with Crippen LogP contribution in [0, 0.1) is 13.8 Å². The fourth-order valence-electron chi connectivity index (χ4n) is 4.48. The molecule has 2 N–H and O–H groups in total. The van der Waals surface area contributed by atoms with Gasteiger partial charge in [-0.15, -0.1) is 0 Å². The first-order valence-corrected chi connectivity index (χ1v) is 13.2. The molecule has 0 aliphatic heterocycles. The van der Waals surface area contributed by atoms with E-state index < -0.39 is 16.1 Å². The van der Waals surface area contributed by atoms with E-state index in [-0.39, 0.29) is 16.4 Å². The van der Waals surface area contributed by atoms with Gasteiger partial charge in [0.2, 0.25) is 15.9 Å². The van der Waals surface area contributed by atoms with E-state index in [1.807, 2.05) is 31.2 Å². The Morgan fingerprint density at radius 1 is 1.06 bits per heavy atom. The summed E-state index contributed by atoms with van der Waals surface area (Å²) in [7, 11) is -2.31. The van der Waals surface area contributed by atoms with E-state index in [2.05, 4.69) is 15.1 Å². The van der Waals surface area contributed by atoms with Crippen LogP contribution >= 0.6 is 0 Å². The molecule has 1 amide bonds. The highest BCUT2D eigenvalue weighted by atomic mass is 32.2. The van der Waals surface area contributed by atoms with Crippen LogP contribution in [0.2, 0.25) is 0 Å². The molecule has 0 fully saturated rings. The lowest BCUT2D eigenvalue weighted by molar-refractivity contribution is -0.119. The first kappa shape index (κ1) is 24.8. The minimum Gasteiger partial charge on any atom is -0.324 e. The molecule has 35 heavy (non-hydrogen) atoms. The smallest absolute Gasteiger partial charge is 0.271 e. The van der Waals surface area contributed by atoms with Crippen molar-refractivity contribution < 1.29 is 13.2 Å². The minimum atomic E-state index is -3.68. The first-order valence-electron chi connectivity index (χ1n) is 11.7. The third-order valence-electron chi connectivity index (χ3n) is 6.48. The van der Waals surface area contributed by atoms with Crippen molar-refractivity contribution in [3.63, 3.8) is 0 Å². The molecule has 0 radical (unpaired) electrons. The van der Waals surface area contributed by atoms with Crippen LogP contribution in [0.4, 0.5) is 5.69 Å². The van der Waals surface area contributed by atoms with Gasteiger partial charge in [0, 0.05) is 16.8 Å². The fourth-order valence-corrected chi connectivity index (χ4v) is 5.47. The molecule has 4 rings (SSSR count). The van der Waals surface area contributed by atoms with Gasteiger partial charge in [-0.05, 0) is 88.4 Å². The van der Waals surface area contributed by atoms with Crippen molar-refractivity contribution in [1.29, 1.82) is 0 Å². The summed E-state index contributed by atoms with van der Waals surface area (Å²) in [5.74, 6) is -0.353. The van der Waals surface area contributed by atoms with Gasteiger partial charge in [-0.25, -0.2) is 17.8 Å². The predicted molar refractivity (Wildman–Crippen MR) is 136 cm³/mol. The van der Waals surface area contributed by atoms with Crippen LogP contribution in [0.15, 0.2) is 52.2 Å². The van der Waals surface area contributed by atoms with Crippen LogP contribution in [-0.2, 0) is 27.7 Å². The molecular formula is C26H30N4O4S. The molecule has 0 spiro atoms. The van der Waals surface area contributed by atoms with Crippen molar-refractivity contribution in [3.05, 3.63) is 75.1 Å². The van der Waals surface area contributed by atoms with Crippen LogP contribution in [0.5, 0.6) is 0 Å². The quantitative estimate of drug-likeness (QED) is 0.545. The van der Waals surface area contributed by atoms with Gasteiger partial charge >= 0.3 is 0 Å². The number of anilines is 1. The second-order valence-corrected chi connectivity index (χ2v) is 10.8. The minimum absolute atomic E-state index is 0.159. The van der Waals surface area contributed by atoms with Crippen molar-refractivity contribution >= 4 is 21.6 Å². The van der Waals surface area contributed by atoms with E-state index in [4.69, 9.17) is 0 Å². The molecule has 1 aliphatic rings. The number of nitrogens with zero attached hydrogens (tertiary/aromatic N) is 2. The fraction of sp³-hybridized carbons (Fsp3) is 0.346. The topological polar surface area (TPSA) is 110 Å². The van der Waals surface area contributed by atoms with E-state index in [0.717, 1.165) is 24.0 Å². The van der Waals surface area contributed by atoms with Crippen LogP contribution < -0.4 is 15.6 Å². The number of carbonyl (C=O) groups is 1. The molecule has 1 aromatic heterocycles. The highest BCUT2D eigenvalue weighted by Crippen LogP contribution is 2.31. The lowest BCUT2D eigenvalue weighted by atomic mass is 9.89. The number of rotatable bonds is 6. The summed E-state index contributed by atoms with van der Waals surface area (Å²) in [5, 5.41) is 7.51. The Morgan fingerprint density at radius 3 is 2.46 bits per heavy atom. The number of aromatic nitrogens is 2. The van der Waals surface area contributed by atoms with Gasteiger partial charge in [0.05, 0.1) is 10.6 Å². The first-order chi connectivity index (χ1) is 16.6. The average Bonchev–Trinajstić information content (AvgIpc) is 2.84. The van der Waals surface area contributed by atoms with Gasteiger partial charge < -0.3 is 5.32 Å². The van der Waals surface area contributed by atoms with E-state index in [1.54, 1.807) is 32.0 Å². The van der Waals surface area contributed by atoms with Crippen molar-refractivity contribution in [2.24, 2.45) is 0 Å². The number of hydrogen-bond acceptors (Lipinski definition) is 5. The normalized spacial score (nSPS) is 14.3. The van der Waals surface area contributed by atoms with E-state index >= 15 is 0 Å². The molecule has 9 heteroatoms. The van der Waals surface area contributed by atoms with Gasteiger partial charge in [0.15, 0.2) is 0 Å². The van der Waals surface area contributed by atoms with Gasteiger partial charge in [-0.3, -0.25) is 9.59 Å². The van der Waals surface area contributed by atoms with Crippen LogP contribution in [-0.4, -0.2) is 31.2 Å². The Labute approximate surface area is 205 Å². The lowest BCUT2D eigenvalue weighted by Gasteiger charge is -2.23. The van der Waals surface area contributed by atoms with Gasteiger partial charge in [0.1, 0.15) is 6.04 Å². The highest BCUT2D eigenvalue weighted by Gasteiger charge is 2.26. The Hall–Kier alpha value is -3.30. The maximum atomic E-state index is 13.4. The Bertz CT molecular complexity index is 1460. The van der Waals surface area contributed by atoms with Crippen LogP contribution in [0.3, 0.4) is 0 Å². The summed E-state index contributed by atoms with van der Waals surface area (Å²) in [4.78, 5) is 26.6. The molecular weight excluding hydrogens is 464 g/mol. The van der Waals surface area contributed by atoms with Crippen LogP contribution in [0.25, 0.3) is 11.3 Å². The van der Waals surface area contributed by atoms with E-state index in [1.165, 1.54) is 11.7 Å². The molecule has 184 valence electrons. The Kier molecular flexibility index (Phi) is 6.91. The third-order valence-corrected chi connectivity index (χ3v) is 8.04. The monoisotopic (exact) mass is 494 g/mol. The van der Waals surface area contributed by atoms with E-state index in [0.29, 0.717) is 40.9 Å². The standard InChI is InChI=1S/C26H30N4O4S/c1-16-8-7-9-20(14-16)28-25(31)18(3)30-26(32)22-11-6-5-10-21(22)24(29-30)19-13-12-17(2)23(15-19)35(33,34)27-4/h7-9,12-15,18,27H,5-6,10-11H2,1-4H3,(H,28,31)/t18-/m0/s1. The zero-order chi connectivity index (χ0) is 25.3. The average molecular weight is 495 g/mol. The molecule has 0 unspecified atom stereocenters. The summed E-state index contributed by atoms with van der Waals surface area (Å²) >= 11 is 0. The number of hydrogen-bond donors (Lipinski definition) is 2. The number of sulfonamides is 1. The summed E-state index contributed by atoms with van der Waals surface area (Å²) < 4.78 is 28.7. The highest BCUT2D eigenvalue weighted by molar-refractivity contribution is 7.89. The summed E-state index contributed by atoms with van der Waals surface area (Å²) in [6.45, 7) is 5.31. The van der Waals surface area contributed by atoms with Crippen molar-refractivity contribution in [1.82, 2.24) is 14.5 Å². The number of fused-ring (bicyclic) bond motifs is 1. The molecule has 0 saturated heterocycles. The van der Waals surface area contributed by atoms with Gasteiger partial charge in [-0.1, -0.05) is 24.3 Å². The number of nitrogens with one attached hydrogen (secondary N) is 2. The zero-order valence-electron chi connectivity index (χ0n) is 20.4. The van der Waals surface area contributed by atoms with Gasteiger partial charge in [-0.2, -0.15) is 5.10 Å². The number of benzene rings is 2. The van der Waals surface area contributed by atoms with Crippen LogP contribution in [0.1, 0.15) is 48.1 Å². The molecule has 0 bridgehead atoms. The van der Waals surface area contributed by atoms with E-state index in [9.17, 15) is 18.0 Å². The molecule has 3 aromatic rings. The second-order valence-electron chi connectivity index (χ2n) is 8.99. The predicted octanol–water partition coefficient (Wildman–Crippen LogP) is 3.51. The van der Waals surface area contributed by atoms with Crippen molar-refractivity contribution in [2.45, 2.75) is 57.4 Å². The molecule has 1 heterocycles. The summed E-state index contributed by atoms with van der Waals surface area (Å²) in [5.41, 5.74) is 4.61. The largest absolute Gasteiger partial charge is 0.324 e. The summed E-state index contributed by atoms with van der Waals surface area (Å²) in [6, 6.07) is 11.7. The molecule has 8 nitrogen and oxygen atoms in total. The molecule has 1 atom stereocenters. The van der Waals surface area contributed by atoms with Crippen molar-refractivity contribution in [2.75, 3.05) is 12.4 Å². The number of carbonyl (C=O) groups excluding carboxylic acids is 1. The number of amides is 1. The third kappa shape index (κ3) is 4.92.